The van der Waals surface area contributed by atoms with E-state index in [1.807, 2.05) is 6.07 Å². The summed E-state index contributed by atoms with van der Waals surface area (Å²) in [5, 5.41) is 8.96. The summed E-state index contributed by atoms with van der Waals surface area (Å²) in [4.78, 5) is 19.5. The fraction of sp³-hybridized carbons (Fsp3) is 0.353. The van der Waals surface area contributed by atoms with Gasteiger partial charge in [-0.1, -0.05) is 12.1 Å². The van der Waals surface area contributed by atoms with Crippen molar-refractivity contribution >= 4 is 16.0 Å². The monoisotopic (exact) mass is 361 g/mol. The normalized spacial score (nSPS) is 18.4. The number of hydrogen-bond donors (Lipinski definition) is 1. The fourth-order valence-corrected chi connectivity index (χ4v) is 3.93. The van der Waals surface area contributed by atoms with Crippen LogP contribution in [0.4, 0.5) is 0 Å². The highest BCUT2D eigenvalue weighted by Crippen LogP contribution is 2.24. The lowest BCUT2D eigenvalue weighted by molar-refractivity contribution is 0.0697. The molecule has 25 heavy (non-hydrogen) atoms. The number of carboxylic acid groups (broad SMARTS) is 1. The SMILES string of the molecule is CS(=O)(=O)N1CCC(Cc2cc(-c3ccc(C(=O)O)cc3)ncn2)C1. The molecule has 0 bridgehead atoms. The van der Waals surface area contributed by atoms with E-state index in [-0.39, 0.29) is 11.5 Å². The van der Waals surface area contributed by atoms with E-state index < -0.39 is 16.0 Å². The van der Waals surface area contributed by atoms with Crippen LogP contribution in [0.5, 0.6) is 0 Å². The second kappa shape index (κ2) is 6.89. The minimum absolute atomic E-state index is 0.227. The van der Waals surface area contributed by atoms with Crippen molar-refractivity contribution in [2.24, 2.45) is 5.92 Å². The molecule has 0 spiro atoms. The molecule has 1 unspecified atom stereocenters. The summed E-state index contributed by atoms with van der Waals surface area (Å²) in [6.07, 6.45) is 4.23. The molecule has 0 amide bonds. The number of rotatable bonds is 5. The molecule has 132 valence electrons. The van der Waals surface area contributed by atoms with Gasteiger partial charge >= 0.3 is 5.97 Å². The van der Waals surface area contributed by atoms with Crippen LogP contribution in [0.15, 0.2) is 36.7 Å². The molecule has 0 radical (unpaired) electrons. The zero-order valence-corrected chi connectivity index (χ0v) is 14.6. The van der Waals surface area contributed by atoms with E-state index >= 15 is 0 Å². The summed E-state index contributed by atoms with van der Waals surface area (Å²) < 4.78 is 24.7. The number of aromatic nitrogens is 2. The molecule has 1 atom stereocenters. The van der Waals surface area contributed by atoms with Crippen LogP contribution in [0.1, 0.15) is 22.5 Å². The van der Waals surface area contributed by atoms with E-state index in [1.54, 1.807) is 24.3 Å². The molecule has 1 aromatic heterocycles. The molecule has 2 heterocycles. The zero-order valence-electron chi connectivity index (χ0n) is 13.8. The van der Waals surface area contributed by atoms with Crippen LogP contribution >= 0.6 is 0 Å². The molecule has 7 nitrogen and oxygen atoms in total. The molecule has 1 fully saturated rings. The number of aromatic carboxylic acids is 1. The molecule has 2 aromatic rings. The van der Waals surface area contributed by atoms with Gasteiger partial charge < -0.3 is 5.11 Å². The van der Waals surface area contributed by atoms with E-state index in [1.165, 1.54) is 16.9 Å². The molecular formula is C17H19N3O4S. The highest BCUT2D eigenvalue weighted by atomic mass is 32.2. The molecule has 3 rings (SSSR count). The first-order valence-corrected chi connectivity index (χ1v) is 9.77. The summed E-state index contributed by atoms with van der Waals surface area (Å²) in [6, 6.07) is 8.40. The van der Waals surface area contributed by atoms with E-state index in [0.717, 1.165) is 23.4 Å². The van der Waals surface area contributed by atoms with Crippen LogP contribution in [0, 0.1) is 5.92 Å². The van der Waals surface area contributed by atoms with Crippen molar-refractivity contribution in [2.45, 2.75) is 12.8 Å². The van der Waals surface area contributed by atoms with Crippen molar-refractivity contribution in [1.82, 2.24) is 14.3 Å². The van der Waals surface area contributed by atoms with Gasteiger partial charge in [-0.15, -0.1) is 0 Å². The van der Waals surface area contributed by atoms with Crippen LogP contribution < -0.4 is 0 Å². The van der Waals surface area contributed by atoms with E-state index in [0.29, 0.717) is 19.5 Å². The summed E-state index contributed by atoms with van der Waals surface area (Å²) in [5.74, 6) is -0.724. The third kappa shape index (κ3) is 4.21. The third-order valence-electron chi connectivity index (χ3n) is 4.37. The quantitative estimate of drug-likeness (QED) is 0.869. The van der Waals surface area contributed by atoms with Crippen molar-refractivity contribution in [3.63, 3.8) is 0 Å². The van der Waals surface area contributed by atoms with Gasteiger partial charge in [-0.25, -0.2) is 27.5 Å². The maximum atomic E-state index is 11.6. The van der Waals surface area contributed by atoms with Crippen molar-refractivity contribution in [3.05, 3.63) is 47.9 Å². The summed E-state index contributed by atoms with van der Waals surface area (Å²) in [6.45, 7) is 1.07. The van der Waals surface area contributed by atoms with Gasteiger partial charge in [0.15, 0.2) is 0 Å². The molecule has 1 aliphatic rings. The molecule has 1 aliphatic heterocycles. The highest BCUT2D eigenvalue weighted by Gasteiger charge is 2.28. The second-order valence-corrected chi connectivity index (χ2v) is 8.24. The summed E-state index contributed by atoms with van der Waals surface area (Å²) >= 11 is 0. The number of sulfonamides is 1. The lowest BCUT2D eigenvalue weighted by Crippen LogP contribution is -2.27. The first-order chi connectivity index (χ1) is 11.8. The molecule has 0 saturated carbocycles. The Kier molecular flexibility index (Phi) is 4.82. The lowest BCUT2D eigenvalue weighted by atomic mass is 10.0. The standard InChI is InChI=1S/C17H19N3O4S/c1-25(23,24)20-7-6-12(10-20)8-15-9-16(19-11-18-15)13-2-4-14(5-3-13)17(21)22/h2-5,9,11-12H,6-8,10H2,1H3,(H,21,22). The maximum Gasteiger partial charge on any atom is 0.335 e. The summed E-state index contributed by atoms with van der Waals surface area (Å²) in [7, 11) is -3.14. The maximum absolute atomic E-state index is 11.6. The van der Waals surface area contributed by atoms with Crippen molar-refractivity contribution in [2.75, 3.05) is 19.3 Å². The molecule has 1 aromatic carbocycles. The second-order valence-electron chi connectivity index (χ2n) is 6.26. The average Bonchev–Trinajstić information content (AvgIpc) is 3.04. The van der Waals surface area contributed by atoms with Crippen LogP contribution in [0.3, 0.4) is 0 Å². The van der Waals surface area contributed by atoms with Gasteiger partial charge in [-0.3, -0.25) is 0 Å². The van der Waals surface area contributed by atoms with Crippen molar-refractivity contribution in [1.29, 1.82) is 0 Å². The average molecular weight is 361 g/mol. The zero-order chi connectivity index (χ0) is 18.0. The van der Waals surface area contributed by atoms with Gasteiger partial charge in [0.25, 0.3) is 0 Å². The first kappa shape index (κ1) is 17.5. The molecule has 8 heteroatoms. The predicted octanol–water partition coefficient (Wildman–Crippen LogP) is 1.67. The first-order valence-electron chi connectivity index (χ1n) is 7.92. The Morgan fingerprint density at radius 2 is 2.00 bits per heavy atom. The Morgan fingerprint density at radius 3 is 2.60 bits per heavy atom. The van der Waals surface area contributed by atoms with Crippen molar-refractivity contribution < 1.29 is 18.3 Å². The van der Waals surface area contributed by atoms with E-state index in [9.17, 15) is 13.2 Å². The molecule has 0 aliphatic carbocycles. The van der Waals surface area contributed by atoms with Crippen molar-refractivity contribution in [3.8, 4) is 11.3 Å². The van der Waals surface area contributed by atoms with Crippen LogP contribution in [0.25, 0.3) is 11.3 Å². The van der Waals surface area contributed by atoms with E-state index in [2.05, 4.69) is 9.97 Å². The molecule has 1 saturated heterocycles. The van der Waals surface area contributed by atoms with E-state index in [4.69, 9.17) is 5.11 Å². The van der Waals surface area contributed by atoms with Gasteiger partial charge in [0, 0.05) is 24.3 Å². The molecular weight excluding hydrogens is 342 g/mol. The topological polar surface area (TPSA) is 100 Å². The van der Waals surface area contributed by atoms with Gasteiger partial charge in [-0.05, 0) is 37.0 Å². The van der Waals surface area contributed by atoms with Crippen LogP contribution in [0.2, 0.25) is 0 Å². The molecule has 1 N–H and O–H groups in total. The largest absolute Gasteiger partial charge is 0.478 e. The Bertz CT molecular complexity index is 881. The van der Waals surface area contributed by atoms with Gasteiger partial charge in [0.2, 0.25) is 10.0 Å². The number of nitrogens with zero attached hydrogens (tertiary/aromatic N) is 3. The number of benzene rings is 1. The minimum atomic E-state index is -3.14. The van der Waals surface area contributed by atoms with Gasteiger partial charge in [0.05, 0.1) is 17.5 Å². The highest BCUT2D eigenvalue weighted by molar-refractivity contribution is 7.88. The number of hydrogen-bond acceptors (Lipinski definition) is 5. The predicted molar refractivity (Wildman–Crippen MR) is 92.7 cm³/mol. The fourth-order valence-electron chi connectivity index (χ4n) is 3.01. The van der Waals surface area contributed by atoms with Gasteiger partial charge in [-0.2, -0.15) is 0 Å². The van der Waals surface area contributed by atoms with Gasteiger partial charge in [0.1, 0.15) is 6.33 Å². The number of carboxylic acids is 1. The third-order valence-corrected chi connectivity index (χ3v) is 5.64. The number of carbonyl (C=O) groups is 1. The Hall–Kier alpha value is -2.32. The Balaban J connectivity index is 1.73. The minimum Gasteiger partial charge on any atom is -0.478 e. The van der Waals surface area contributed by atoms with Crippen LogP contribution in [-0.4, -0.2) is 53.1 Å². The smallest absolute Gasteiger partial charge is 0.335 e. The lowest BCUT2D eigenvalue weighted by Gasteiger charge is -2.13. The Morgan fingerprint density at radius 1 is 1.28 bits per heavy atom. The Labute approximate surface area is 146 Å². The summed E-state index contributed by atoms with van der Waals surface area (Å²) in [5.41, 5.74) is 2.62. The van der Waals surface area contributed by atoms with Crippen LogP contribution in [-0.2, 0) is 16.4 Å².